The van der Waals surface area contributed by atoms with Crippen molar-refractivity contribution in [3.05, 3.63) is 0 Å². The van der Waals surface area contributed by atoms with Gasteiger partial charge in [-0.2, -0.15) is 0 Å². The lowest BCUT2D eigenvalue weighted by molar-refractivity contribution is -0.391. The van der Waals surface area contributed by atoms with E-state index in [1.165, 1.54) is 14.0 Å². The molecule has 0 bridgehead atoms. The predicted octanol–water partition coefficient (Wildman–Crippen LogP) is -6.72. The van der Waals surface area contributed by atoms with Crippen molar-refractivity contribution in [3.63, 3.8) is 0 Å². The van der Waals surface area contributed by atoms with Crippen LogP contribution in [0.25, 0.3) is 0 Å². The Balaban J connectivity index is 1.73. The number of ether oxygens (including phenoxy) is 10. The average molecular weight is 1040 g/mol. The van der Waals surface area contributed by atoms with Gasteiger partial charge in [-0.15, -0.1) is 0 Å². The Morgan fingerprint density at radius 3 is 1.85 bits per heavy atom. The number of carbonyl (C=O) groups excluding carboxylic acids is 3. The fourth-order valence-corrected chi connectivity index (χ4v) is 8.62. The molecule has 0 aromatic rings. The number of aliphatic carboxylic acids is 1. The molecule has 15 unspecified atom stereocenters. The number of esters is 1. The molecular formula is C42H72N2O27. The zero-order valence-electron chi connectivity index (χ0n) is 39.5. The molecule has 0 aliphatic carbocycles. The van der Waals surface area contributed by atoms with Gasteiger partial charge in [-0.1, -0.05) is 25.7 Å². The zero-order chi connectivity index (χ0) is 52.7. The third-order valence-corrected chi connectivity index (χ3v) is 12.4. The summed E-state index contributed by atoms with van der Waals surface area (Å²) in [6, 6.07) is -3.28. The molecule has 412 valence electrons. The molecule has 2 amide bonds. The van der Waals surface area contributed by atoms with Crippen LogP contribution in [0.1, 0.15) is 65.2 Å². The van der Waals surface area contributed by atoms with Gasteiger partial charge in [0.2, 0.25) is 5.91 Å². The lowest BCUT2D eigenvalue weighted by atomic mass is 9.88. The molecule has 15 N–H and O–H groups in total. The van der Waals surface area contributed by atoms with Gasteiger partial charge in [-0.3, -0.25) is 9.59 Å². The number of aliphatic hydroxyl groups is 12. The average Bonchev–Trinajstić information content (AvgIpc) is 3.34. The highest BCUT2D eigenvalue weighted by molar-refractivity contribution is 5.76. The van der Waals surface area contributed by atoms with Gasteiger partial charge in [0, 0.05) is 26.4 Å². The lowest BCUT2D eigenvalue weighted by Gasteiger charge is -2.51. The van der Waals surface area contributed by atoms with Crippen molar-refractivity contribution in [1.29, 1.82) is 0 Å². The topological polar surface area (TPSA) is 448 Å². The van der Waals surface area contributed by atoms with Crippen LogP contribution in [0.5, 0.6) is 0 Å². The van der Waals surface area contributed by atoms with Crippen LogP contribution in [0.2, 0.25) is 0 Å². The van der Waals surface area contributed by atoms with E-state index in [4.69, 9.17) is 42.6 Å². The summed E-state index contributed by atoms with van der Waals surface area (Å²) in [5.41, 5.74) is 0. The summed E-state index contributed by atoms with van der Waals surface area (Å²) in [6.45, 7) is -1.78. The van der Waals surface area contributed by atoms with E-state index in [1.807, 2.05) is 0 Å². The predicted molar refractivity (Wildman–Crippen MR) is 229 cm³/mol. The molecule has 29 nitrogen and oxygen atoms in total. The van der Waals surface area contributed by atoms with Crippen molar-refractivity contribution >= 4 is 23.9 Å². The zero-order valence-corrected chi connectivity index (χ0v) is 39.5. The summed E-state index contributed by atoms with van der Waals surface area (Å²) >= 11 is 0. The third-order valence-electron chi connectivity index (χ3n) is 12.4. The minimum Gasteiger partial charge on any atom is -0.477 e. The third kappa shape index (κ3) is 15.5. The molecule has 4 aliphatic heterocycles. The highest BCUT2D eigenvalue weighted by Crippen LogP contribution is 2.39. The van der Waals surface area contributed by atoms with E-state index in [-0.39, 0.29) is 25.6 Å². The van der Waals surface area contributed by atoms with Crippen LogP contribution in [0.15, 0.2) is 0 Å². The second kappa shape index (κ2) is 28.5. The molecule has 4 heterocycles. The summed E-state index contributed by atoms with van der Waals surface area (Å²) in [7, 11) is 1.30. The van der Waals surface area contributed by atoms with Crippen LogP contribution in [0, 0.1) is 0 Å². The standard InChI is InChI=1S/C42H72N2O27/c1-4-63-41(61)44-26-35(33(68-38-31(57)30(56)28(54)21(15-46)65-38)23(17-48)67-37(26)64-12-10-8-6-5-7-9-11-24(52)62-3)69-39-32(58)36(29(55)22(16-47)66-39)71-42(40(59)60)13-19(50)25(43-18(2)49)34(70-42)27(53)20(51)14-45/h19-23,25-39,45-48,50-51,53-58H,4-17H2,1-3H3,(H,43,49)(H,44,61)(H,59,60)/t19?,20?,21?,22?,23?,25-,26?,27?,28+,29+,30?,31?,32?,33-,34?,35?,36?,37-,38?,39?,42+/m1/s1. The maximum absolute atomic E-state index is 13.2. The van der Waals surface area contributed by atoms with Gasteiger partial charge in [0.1, 0.15) is 91.5 Å². The van der Waals surface area contributed by atoms with E-state index in [0.29, 0.717) is 19.3 Å². The molecule has 4 rings (SSSR count). The first kappa shape index (κ1) is 60.4. The van der Waals surface area contributed by atoms with Crippen molar-refractivity contribution in [2.45, 2.75) is 194 Å². The Morgan fingerprint density at radius 2 is 1.27 bits per heavy atom. The Labute approximate surface area is 407 Å². The van der Waals surface area contributed by atoms with Gasteiger partial charge < -0.3 is 124 Å². The Kier molecular flexibility index (Phi) is 24.3. The van der Waals surface area contributed by atoms with E-state index in [0.717, 1.165) is 26.2 Å². The van der Waals surface area contributed by atoms with Crippen LogP contribution in [-0.4, -0.2) is 265 Å². The summed E-state index contributed by atoms with van der Waals surface area (Å²) in [5, 5.41) is 144. The molecular weight excluding hydrogens is 964 g/mol. The number of carbonyl (C=O) groups is 4. The number of hydrogen-bond donors (Lipinski definition) is 15. The number of carboxylic acid groups (broad SMARTS) is 1. The van der Waals surface area contributed by atoms with Gasteiger partial charge in [0.15, 0.2) is 18.9 Å². The SMILES string of the molecule is CCOC(=O)NC1C(OC2OC(CO)[C@H](O)C(O[C@]3(C(=O)O)CC(O)[C@@H](NC(C)=O)C(C(O)C(O)CO)O3)C2O)[C@H](OC2OC(CO)[C@H](O)C(O)C2O)C(CO)O[C@H]1OCCCCCCCCC(=O)OC. The van der Waals surface area contributed by atoms with Crippen LogP contribution in [0.4, 0.5) is 4.79 Å². The van der Waals surface area contributed by atoms with E-state index in [9.17, 15) is 85.6 Å². The van der Waals surface area contributed by atoms with Gasteiger partial charge in [0.05, 0.1) is 52.3 Å². The largest absolute Gasteiger partial charge is 0.477 e. The number of amides is 2. The van der Waals surface area contributed by atoms with Crippen LogP contribution in [0.3, 0.4) is 0 Å². The first-order chi connectivity index (χ1) is 33.7. The summed E-state index contributed by atoms with van der Waals surface area (Å²) in [6.07, 6.45) is -33.4. The van der Waals surface area contributed by atoms with E-state index in [1.54, 1.807) is 0 Å². The molecule has 4 saturated heterocycles. The highest BCUT2D eigenvalue weighted by atomic mass is 16.8. The molecule has 0 aromatic heterocycles. The molecule has 0 radical (unpaired) electrons. The smallest absolute Gasteiger partial charge is 0.407 e. The van der Waals surface area contributed by atoms with Gasteiger partial charge >= 0.3 is 18.0 Å². The molecule has 4 fully saturated rings. The minimum atomic E-state index is -3.17. The number of aliphatic hydroxyl groups excluding tert-OH is 12. The second-order valence-electron chi connectivity index (χ2n) is 17.5. The van der Waals surface area contributed by atoms with Crippen molar-refractivity contribution in [1.82, 2.24) is 10.6 Å². The monoisotopic (exact) mass is 1040 g/mol. The number of nitrogens with one attached hydrogen (secondary N) is 2. The Bertz CT molecular complexity index is 1650. The van der Waals surface area contributed by atoms with Gasteiger partial charge in [-0.25, -0.2) is 9.59 Å². The molecule has 29 heteroatoms. The molecule has 0 spiro atoms. The van der Waals surface area contributed by atoms with Crippen molar-refractivity contribution in [2.24, 2.45) is 0 Å². The van der Waals surface area contributed by atoms with E-state index in [2.05, 4.69) is 15.4 Å². The molecule has 21 atom stereocenters. The molecule has 4 aliphatic rings. The summed E-state index contributed by atoms with van der Waals surface area (Å²) in [4.78, 5) is 49.9. The number of hydrogen-bond acceptors (Lipinski definition) is 26. The number of unbranched alkanes of at least 4 members (excludes halogenated alkanes) is 5. The van der Waals surface area contributed by atoms with Crippen LogP contribution < -0.4 is 10.6 Å². The molecule has 0 aromatic carbocycles. The van der Waals surface area contributed by atoms with Crippen LogP contribution >= 0.6 is 0 Å². The van der Waals surface area contributed by atoms with Crippen molar-refractivity contribution < 1.29 is 133 Å². The normalized spacial score (nSPS) is 38.4. The number of alkyl carbamates (subject to hydrolysis) is 1. The first-order valence-electron chi connectivity index (χ1n) is 23.4. The summed E-state index contributed by atoms with van der Waals surface area (Å²) < 4.78 is 57.2. The maximum atomic E-state index is 13.2. The summed E-state index contributed by atoms with van der Waals surface area (Å²) in [5.74, 6) is -6.34. The van der Waals surface area contributed by atoms with Gasteiger partial charge in [0.25, 0.3) is 5.79 Å². The van der Waals surface area contributed by atoms with Crippen molar-refractivity contribution in [3.8, 4) is 0 Å². The number of carboxylic acids is 1. The first-order valence-corrected chi connectivity index (χ1v) is 23.4. The van der Waals surface area contributed by atoms with Gasteiger partial charge in [-0.05, 0) is 19.8 Å². The number of rotatable bonds is 26. The molecule has 71 heavy (non-hydrogen) atoms. The quantitative estimate of drug-likeness (QED) is 0.0283. The number of methoxy groups -OCH3 is 1. The molecule has 0 saturated carbocycles. The van der Waals surface area contributed by atoms with E-state index >= 15 is 0 Å². The highest BCUT2D eigenvalue weighted by Gasteiger charge is 2.61. The van der Waals surface area contributed by atoms with Crippen molar-refractivity contribution in [2.75, 3.05) is 46.8 Å². The minimum absolute atomic E-state index is 0.0505. The fraction of sp³-hybridized carbons (Fsp3) is 0.905. The Hall–Kier alpha value is -3.12. The maximum Gasteiger partial charge on any atom is 0.407 e. The van der Waals surface area contributed by atoms with E-state index < -0.39 is 179 Å². The second-order valence-corrected chi connectivity index (χ2v) is 17.5. The Morgan fingerprint density at radius 1 is 0.690 bits per heavy atom. The fourth-order valence-electron chi connectivity index (χ4n) is 8.62. The lowest BCUT2D eigenvalue weighted by Crippen LogP contribution is -2.71. The van der Waals surface area contributed by atoms with Crippen LogP contribution in [-0.2, 0) is 61.8 Å².